The van der Waals surface area contributed by atoms with Crippen LogP contribution >= 0.6 is 23.4 Å². The summed E-state index contributed by atoms with van der Waals surface area (Å²) in [4.78, 5) is 28.2. The topological polar surface area (TPSA) is 62.6 Å². The number of fused-ring (bicyclic) bond motifs is 1. The van der Waals surface area contributed by atoms with Gasteiger partial charge in [-0.2, -0.15) is 0 Å². The first-order valence-corrected chi connectivity index (χ1v) is 12.0. The van der Waals surface area contributed by atoms with Gasteiger partial charge in [0.25, 0.3) is 11.8 Å². The maximum absolute atomic E-state index is 12.6. The summed E-state index contributed by atoms with van der Waals surface area (Å²) < 4.78 is 0. The number of halogens is 1. The molecule has 4 rings (SSSR count). The fraction of sp³-hybridized carbons (Fsp3) is 0.333. The van der Waals surface area contributed by atoms with E-state index < -0.39 is 0 Å². The van der Waals surface area contributed by atoms with Gasteiger partial charge in [0.1, 0.15) is 0 Å². The van der Waals surface area contributed by atoms with Gasteiger partial charge in [-0.05, 0) is 61.6 Å². The number of hydrogen-bond donors (Lipinski definition) is 3. The molecule has 31 heavy (non-hydrogen) atoms. The average molecular weight is 457 g/mol. The molecule has 0 radical (unpaired) electrons. The summed E-state index contributed by atoms with van der Waals surface area (Å²) in [6.07, 6.45) is 6.99. The van der Waals surface area contributed by atoms with Crippen LogP contribution in [0.15, 0.2) is 52.3 Å². The normalized spacial score (nSPS) is 18.2. The molecule has 2 aliphatic rings. The predicted molar refractivity (Wildman–Crippen MR) is 127 cm³/mol. The highest BCUT2D eigenvalue weighted by Crippen LogP contribution is 2.39. The lowest BCUT2D eigenvalue weighted by molar-refractivity contribution is -0.898. The zero-order chi connectivity index (χ0) is 21.6. The molecule has 1 fully saturated rings. The lowest BCUT2D eigenvalue weighted by Gasteiger charge is -2.20. The van der Waals surface area contributed by atoms with Crippen LogP contribution in [0.5, 0.6) is 0 Å². The summed E-state index contributed by atoms with van der Waals surface area (Å²) in [6.45, 7) is 4.01. The molecule has 162 valence electrons. The van der Waals surface area contributed by atoms with Crippen molar-refractivity contribution in [3.63, 3.8) is 0 Å². The van der Waals surface area contributed by atoms with Crippen molar-refractivity contribution in [2.75, 3.05) is 31.5 Å². The minimum Gasteiger partial charge on any atom is -0.346 e. The molecule has 2 heterocycles. The Kier molecular flexibility index (Phi) is 7.33. The van der Waals surface area contributed by atoms with Gasteiger partial charge in [0.15, 0.2) is 0 Å². The van der Waals surface area contributed by atoms with Crippen molar-refractivity contribution in [2.45, 2.75) is 30.6 Å². The highest BCUT2D eigenvalue weighted by Gasteiger charge is 2.22. The highest BCUT2D eigenvalue weighted by molar-refractivity contribution is 8.04. The van der Waals surface area contributed by atoms with Gasteiger partial charge >= 0.3 is 0 Å². The number of anilines is 1. The number of benzene rings is 2. The van der Waals surface area contributed by atoms with Crippen LogP contribution in [0, 0.1) is 0 Å². The van der Waals surface area contributed by atoms with Gasteiger partial charge in [-0.1, -0.05) is 41.6 Å². The third-order valence-corrected chi connectivity index (χ3v) is 7.14. The lowest BCUT2D eigenvalue weighted by Crippen LogP contribution is -3.12. The molecule has 7 heteroatoms. The zero-order valence-electron chi connectivity index (χ0n) is 17.4. The molecule has 0 unspecified atom stereocenters. The van der Waals surface area contributed by atoms with E-state index in [1.54, 1.807) is 23.1 Å². The molecule has 0 aliphatic carbocycles. The Hall–Kier alpha value is -2.28. The Morgan fingerprint density at radius 3 is 2.68 bits per heavy atom. The maximum Gasteiger partial charge on any atom is 0.262 e. The minimum absolute atomic E-state index is 0.103. The molecule has 3 N–H and O–H groups in total. The van der Waals surface area contributed by atoms with Crippen molar-refractivity contribution in [1.82, 2.24) is 5.32 Å². The van der Waals surface area contributed by atoms with E-state index in [0.717, 1.165) is 17.0 Å². The van der Waals surface area contributed by atoms with Gasteiger partial charge in [-0.3, -0.25) is 9.59 Å². The number of thioether (sulfide) groups is 1. The number of likely N-dealkylation sites (tertiary alicyclic amines) is 1. The first kappa shape index (κ1) is 21.9. The molecule has 0 aromatic heterocycles. The quantitative estimate of drug-likeness (QED) is 0.602. The second-order valence-electron chi connectivity index (χ2n) is 7.97. The Bertz CT molecular complexity index is 1000. The van der Waals surface area contributed by atoms with Crippen molar-refractivity contribution >= 4 is 46.9 Å². The van der Waals surface area contributed by atoms with Gasteiger partial charge in [0.2, 0.25) is 0 Å². The first-order chi connectivity index (χ1) is 15.1. The van der Waals surface area contributed by atoms with Gasteiger partial charge in [0.05, 0.1) is 36.8 Å². The van der Waals surface area contributed by atoms with Crippen LogP contribution in [0.3, 0.4) is 0 Å². The molecule has 5 nitrogen and oxygen atoms in total. The molecule has 2 aromatic carbocycles. The average Bonchev–Trinajstić information content (AvgIpc) is 3.04. The van der Waals surface area contributed by atoms with Crippen LogP contribution in [0.1, 0.15) is 41.6 Å². The highest BCUT2D eigenvalue weighted by atomic mass is 35.5. The standard InChI is InChI=1S/C24H26ClN3O2S/c25-19-8-4-3-7-17(19)16-22-24(30)27-20-15-18(9-10-21(20)31-22)23(29)26-11-14-28-12-5-1-2-6-13-28/h3-4,7-10,15-16H,1-2,5-6,11-14H2,(H,26,29)(H,27,30)/p+1. The Balaban J connectivity index is 1.39. The van der Waals surface area contributed by atoms with E-state index in [2.05, 4.69) is 10.6 Å². The molecular formula is C24H27ClN3O2S+. The van der Waals surface area contributed by atoms with Crippen LogP contribution in [0.25, 0.3) is 6.08 Å². The zero-order valence-corrected chi connectivity index (χ0v) is 19.0. The number of hydrogen-bond acceptors (Lipinski definition) is 3. The van der Waals surface area contributed by atoms with E-state index in [0.29, 0.717) is 27.7 Å². The van der Waals surface area contributed by atoms with E-state index in [4.69, 9.17) is 11.6 Å². The van der Waals surface area contributed by atoms with E-state index in [-0.39, 0.29) is 11.8 Å². The summed E-state index contributed by atoms with van der Waals surface area (Å²) in [5, 5.41) is 6.53. The molecule has 0 atom stereocenters. The van der Waals surface area contributed by atoms with E-state index in [1.807, 2.05) is 30.3 Å². The number of carbonyl (C=O) groups is 2. The molecule has 2 aliphatic heterocycles. The van der Waals surface area contributed by atoms with E-state index >= 15 is 0 Å². The third-order valence-electron chi connectivity index (χ3n) is 5.70. The summed E-state index contributed by atoms with van der Waals surface area (Å²) in [5.74, 6) is -0.298. The van der Waals surface area contributed by atoms with Crippen molar-refractivity contribution in [1.29, 1.82) is 0 Å². The summed E-state index contributed by atoms with van der Waals surface area (Å²) in [5.41, 5.74) is 2.02. The van der Waals surface area contributed by atoms with Crippen LogP contribution in [0.4, 0.5) is 5.69 Å². The molecule has 2 amide bonds. The van der Waals surface area contributed by atoms with E-state index in [9.17, 15) is 9.59 Å². The largest absolute Gasteiger partial charge is 0.346 e. The molecule has 0 spiro atoms. The summed E-state index contributed by atoms with van der Waals surface area (Å²) >= 11 is 7.60. The molecular weight excluding hydrogens is 430 g/mol. The fourth-order valence-electron chi connectivity index (χ4n) is 3.97. The van der Waals surface area contributed by atoms with Crippen molar-refractivity contribution in [3.8, 4) is 0 Å². The smallest absolute Gasteiger partial charge is 0.262 e. The summed E-state index contributed by atoms with van der Waals surface area (Å²) in [7, 11) is 0. The SMILES string of the molecule is O=C1Nc2cc(C(=O)NCC[NH+]3CCCCCC3)ccc2SC1=Cc1ccccc1Cl. The van der Waals surface area contributed by atoms with Gasteiger partial charge < -0.3 is 15.5 Å². The predicted octanol–water partition coefficient (Wildman–Crippen LogP) is 3.61. The number of rotatable bonds is 5. The number of carbonyl (C=O) groups excluding carboxylic acids is 2. The molecule has 0 saturated carbocycles. The van der Waals surface area contributed by atoms with Crippen LogP contribution in [-0.4, -0.2) is 38.0 Å². The van der Waals surface area contributed by atoms with Crippen molar-refractivity contribution in [2.24, 2.45) is 0 Å². The molecule has 2 aromatic rings. The third kappa shape index (κ3) is 5.70. The molecule has 0 bridgehead atoms. The minimum atomic E-state index is -0.195. The number of quaternary nitrogens is 1. The lowest BCUT2D eigenvalue weighted by atomic mass is 10.1. The van der Waals surface area contributed by atoms with E-state index in [1.165, 1.54) is 50.5 Å². The van der Waals surface area contributed by atoms with Crippen LogP contribution < -0.4 is 15.5 Å². The van der Waals surface area contributed by atoms with Gasteiger partial charge in [-0.25, -0.2) is 0 Å². The van der Waals surface area contributed by atoms with Crippen molar-refractivity contribution in [3.05, 3.63) is 63.5 Å². The number of amides is 2. The summed E-state index contributed by atoms with van der Waals surface area (Å²) in [6, 6.07) is 12.9. The monoisotopic (exact) mass is 456 g/mol. The second kappa shape index (κ2) is 10.4. The van der Waals surface area contributed by atoms with Crippen molar-refractivity contribution < 1.29 is 14.5 Å². The first-order valence-electron chi connectivity index (χ1n) is 10.8. The Morgan fingerprint density at radius 2 is 1.90 bits per heavy atom. The number of nitrogens with one attached hydrogen (secondary N) is 3. The molecule has 1 saturated heterocycles. The second-order valence-corrected chi connectivity index (χ2v) is 9.46. The van der Waals surface area contributed by atoms with Crippen LogP contribution in [0.2, 0.25) is 5.02 Å². The van der Waals surface area contributed by atoms with Crippen LogP contribution in [-0.2, 0) is 4.79 Å². The maximum atomic E-state index is 12.6. The fourth-order valence-corrected chi connectivity index (χ4v) is 5.08. The Morgan fingerprint density at radius 1 is 1.13 bits per heavy atom. The van der Waals surface area contributed by atoms with Gasteiger partial charge in [-0.15, -0.1) is 0 Å². The van der Waals surface area contributed by atoms with Gasteiger partial charge in [0, 0.05) is 15.5 Å². The Labute approximate surface area is 192 Å².